The van der Waals surface area contributed by atoms with E-state index in [1.54, 1.807) is 0 Å². The summed E-state index contributed by atoms with van der Waals surface area (Å²) in [7, 11) is 0. The second-order valence-electron chi connectivity index (χ2n) is 4.45. The third-order valence-electron chi connectivity index (χ3n) is 2.94. The molecule has 1 aliphatic carbocycles. The van der Waals surface area contributed by atoms with Crippen molar-refractivity contribution < 1.29 is 14.7 Å². The van der Waals surface area contributed by atoms with Crippen LogP contribution in [0.5, 0.6) is 0 Å². The first-order valence-electron chi connectivity index (χ1n) is 6.59. The molecule has 0 heterocycles. The SMILES string of the molecule is O=C(NCCCO)C(=O)NCCC1=CCCCC1. The number of amides is 2. The lowest BCUT2D eigenvalue weighted by atomic mass is 9.97. The monoisotopic (exact) mass is 254 g/mol. The predicted octanol–water partition coefficient (Wildman–Crippen LogP) is 0.492. The molecule has 0 aliphatic heterocycles. The summed E-state index contributed by atoms with van der Waals surface area (Å²) in [6.07, 6.45) is 8.24. The summed E-state index contributed by atoms with van der Waals surface area (Å²) in [6, 6.07) is 0. The molecule has 5 heteroatoms. The highest BCUT2D eigenvalue weighted by Crippen LogP contribution is 2.19. The summed E-state index contributed by atoms with van der Waals surface area (Å²) < 4.78 is 0. The van der Waals surface area contributed by atoms with Gasteiger partial charge in [0.05, 0.1) is 0 Å². The van der Waals surface area contributed by atoms with Crippen molar-refractivity contribution in [1.29, 1.82) is 0 Å². The van der Waals surface area contributed by atoms with Crippen molar-refractivity contribution >= 4 is 11.8 Å². The molecule has 0 radical (unpaired) electrons. The van der Waals surface area contributed by atoms with Crippen LogP contribution in [0.25, 0.3) is 0 Å². The third kappa shape index (κ3) is 5.82. The maximum absolute atomic E-state index is 11.4. The normalized spacial score (nSPS) is 14.8. The van der Waals surface area contributed by atoms with Gasteiger partial charge in [-0.25, -0.2) is 0 Å². The smallest absolute Gasteiger partial charge is 0.309 e. The maximum atomic E-state index is 11.4. The van der Waals surface area contributed by atoms with Gasteiger partial charge in [0.1, 0.15) is 0 Å². The summed E-state index contributed by atoms with van der Waals surface area (Å²) in [4.78, 5) is 22.7. The van der Waals surface area contributed by atoms with Crippen molar-refractivity contribution in [3.63, 3.8) is 0 Å². The zero-order valence-corrected chi connectivity index (χ0v) is 10.7. The number of nitrogens with one attached hydrogen (secondary N) is 2. The molecule has 0 aromatic carbocycles. The summed E-state index contributed by atoms with van der Waals surface area (Å²) in [6.45, 7) is 0.849. The van der Waals surface area contributed by atoms with Gasteiger partial charge in [-0.2, -0.15) is 0 Å². The first kappa shape index (κ1) is 14.7. The molecule has 18 heavy (non-hydrogen) atoms. The van der Waals surface area contributed by atoms with Gasteiger partial charge in [-0.15, -0.1) is 0 Å². The average Bonchev–Trinajstić information content (AvgIpc) is 2.40. The van der Waals surface area contributed by atoms with E-state index in [-0.39, 0.29) is 6.61 Å². The van der Waals surface area contributed by atoms with E-state index < -0.39 is 11.8 Å². The Labute approximate surface area is 108 Å². The topological polar surface area (TPSA) is 78.4 Å². The Kier molecular flexibility index (Phi) is 7.10. The van der Waals surface area contributed by atoms with Gasteiger partial charge in [-0.3, -0.25) is 9.59 Å². The van der Waals surface area contributed by atoms with Crippen molar-refractivity contribution in [3.05, 3.63) is 11.6 Å². The lowest BCUT2D eigenvalue weighted by Gasteiger charge is -2.12. The van der Waals surface area contributed by atoms with Gasteiger partial charge in [0, 0.05) is 19.7 Å². The fourth-order valence-electron chi connectivity index (χ4n) is 1.91. The van der Waals surface area contributed by atoms with Crippen molar-refractivity contribution in [3.8, 4) is 0 Å². The fraction of sp³-hybridized carbons (Fsp3) is 0.692. The molecule has 102 valence electrons. The Morgan fingerprint density at radius 1 is 1.17 bits per heavy atom. The summed E-state index contributed by atoms with van der Waals surface area (Å²) in [5.41, 5.74) is 1.38. The van der Waals surface area contributed by atoms with E-state index in [1.165, 1.54) is 18.4 Å². The molecule has 5 nitrogen and oxygen atoms in total. The van der Waals surface area contributed by atoms with E-state index in [2.05, 4.69) is 16.7 Å². The molecule has 0 spiro atoms. The van der Waals surface area contributed by atoms with E-state index in [4.69, 9.17) is 5.11 Å². The van der Waals surface area contributed by atoms with Crippen LogP contribution in [0, 0.1) is 0 Å². The molecule has 0 unspecified atom stereocenters. The Morgan fingerprint density at radius 2 is 1.89 bits per heavy atom. The van der Waals surface area contributed by atoms with Crippen LogP contribution in [-0.4, -0.2) is 36.6 Å². The van der Waals surface area contributed by atoms with E-state index in [0.29, 0.717) is 19.5 Å². The number of aliphatic hydroxyl groups excluding tert-OH is 1. The van der Waals surface area contributed by atoms with Crippen molar-refractivity contribution in [2.45, 2.75) is 38.5 Å². The molecule has 0 saturated carbocycles. The van der Waals surface area contributed by atoms with Crippen LogP contribution in [0.15, 0.2) is 11.6 Å². The van der Waals surface area contributed by atoms with E-state index >= 15 is 0 Å². The number of carbonyl (C=O) groups is 2. The number of rotatable bonds is 6. The second kappa shape index (κ2) is 8.69. The number of aliphatic hydroxyl groups is 1. The number of allylic oxidation sites excluding steroid dienone is 1. The summed E-state index contributed by atoms with van der Waals surface area (Å²) >= 11 is 0. The molecule has 0 bridgehead atoms. The van der Waals surface area contributed by atoms with E-state index in [1.807, 2.05) is 0 Å². The average molecular weight is 254 g/mol. The molecule has 1 aliphatic rings. The molecule has 2 amide bonds. The highest BCUT2D eigenvalue weighted by molar-refractivity contribution is 6.35. The van der Waals surface area contributed by atoms with Crippen LogP contribution in [0.2, 0.25) is 0 Å². The van der Waals surface area contributed by atoms with Gasteiger partial charge in [-0.1, -0.05) is 11.6 Å². The highest BCUT2D eigenvalue weighted by atomic mass is 16.3. The molecular formula is C13H22N2O3. The minimum absolute atomic E-state index is 0.00997. The first-order chi connectivity index (χ1) is 8.74. The highest BCUT2D eigenvalue weighted by Gasteiger charge is 2.12. The lowest BCUT2D eigenvalue weighted by molar-refractivity contribution is -0.139. The van der Waals surface area contributed by atoms with Gasteiger partial charge in [-0.05, 0) is 38.5 Å². The second-order valence-corrected chi connectivity index (χ2v) is 4.45. The molecule has 3 N–H and O–H groups in total. The minimum atomic E-state index is -0.624. The molecule has 0 atom stereocenters. The summed E-state index contributed by atoms with van der Waals surface area (Å²) in [5, 5.41) is 13.6. The quantitative estimate of drug-likeness (QED) is 0.367. The molecule has 1 rings (SSSR count). The van der Waals surface area contributed by atoms with Gasteiger partial charge in [0.25, 0.3) is 0 Å². The lowest BCUT2D eigenvalue weighted by Crippen LogP contribution is -2.40. The fourth-order valence-corrected chi connectivity index (χ4v) is 1.91. The van der Waals surface area contributed by atoms with E-state index in [9.17, 15) is 9.59 Å². The van der Waals surface area contributed by atoms with Crippen LogP contribution < -0.4 is 10.6 Å². The number of carbonyl (C=O) groups excluding carboxylic acids is 2. The Bertz CT molecular complexity index is 313. The molecule has 0 fully saturated rings. The van der Waals surface area contributed by atoms with Crippen LogP contribution in [0.1, 0.15) is 38.5 Å². The van der Waals surface area contributed by atoms with Crippen molar-refractivity contribution in [2.75, 3.05) is 19.7 Å². The molecular weight excluding hydrogens is 232 g/mol. The Hall–Kier alpha value is -1.36. The van der Waals surface area contributed by atoms with Gasteiger partial charge in [0.2, 0.25) is 0 Å². The Morgan fingerprint density at radius 3 is 2.50 bits per heavy atom. The molecule has 0 aromatic heterocycles. The van der Waals surface area contributed by atoms with Crippen molar-refractivity contribution in [1.82, 2.24) is 10.6 Å². The predicted molar refractivity (Wildman–Crippen MR) is 68.9 cm³/mol. The zero-order chi connectivity index (χ0) is 13.2. The van der Waals surface area contributed by atoms with Crippen molar-refractivity contribution in [2.24, 2.45) is 0 Å². The first-order valence-corrected chi connectivity index (χ1v) is 6.59. The minimum Gasteiger partial charge on any atom is -0.396 e. The number of hydrogen-bond donors (Lipinski definition) is 3. The summed E-state index contributed by atoms with van der Waals surface area (Å²) in [5.74, 6) is -1.22. The molecule has 0 saturated heterocycles. The van der Waals surface area contributed by atoms with Crippen LogP contribution in [0.4, 0.5) is 0 Å². The van der Waals surface area contributed by atoms with Crippen LogP contribution in [0.3, 0.4) is 0 Å². The van der Waals surface area contributed by atoms with Gasteiger partial charge < -0.3 is 15.7 Å². The van der Waals surface area contributed by atoms with Crippen LogP contribution >= 0.6 is 0 Å². The number of hydrogen-bond acceptors (Lipinski definition) is 3. The van der Waals surface area contributed by atoms with Gasteiger partial charge >= 0.3 is 11.8 Å². The maximum Gasteiger partial charge on any atom is 0.309 e. The zero-order valence-electron chi connectivity index (χ0n) is 10.7. The molecule has 0 aromatic rings. The van der Waals surface area contributed by atoms with Gasteiger partial charge in [0.15, 0.2) is 0 Å². The third-order valence-corrected chi connectivity index (χ3v) is 2.94. The largest absolute Gasteiger partial charge is 0.396 e. The Balaban J connectivity index is 2.12. The van der Waals surface area contributed by atoms with Crippen LogP contribution in [-0.2, 0) is 9.59 Å². The van der Waals surface area contributed by atoms with E-state index in [0.717, 1.165) is 19.3 Å². The standard InChI is InChI=1S/C13H22N2O3/c16-10-4-8-14-12(17)13(18)15-9-7-11-5-2-1-3-6-11/h5,16H,1-4,6-10H2,(H,14,17)(H,15,18).